The van der Waals surface area contributed by atoms with Crippen LogP contribution in [0.15, 0.2) is 18.2 Å². The van der Waals surface area contributed by atoms with Crippen LogP contribution >= 0.6 is 0 Å². The fraction of sp³-hybridized carbons (Fsp3) is 0.467. The number of hydrogen-bond donors (Lipinski definition) is 1. The standard InChI is InChI=1S/C15H20N2O4/c1-10(2)17(11(3)18)7-6-16-15(19)12-4-5-13-14(8-12)21-9-20-13/h4-5,8,10H,6-7,9H2,1-3H3,(H,16,19). The van der Waals surface area contributed by atoms with Crippen LogP contribution in [0.4, 0.5) is 0 Å². The van der Waals surface area contributed by atoms with Crippen molar-refractivity contribution in [2.45, 2.75) is 26.8 Å². The Hall–Kier alpha value is -2.24. The van der Waals surface area contributed by atoms with Crippen molar-refractivity contribution in [1.29, 1.82) is 0 Å². The third-order valence-corrected chi connectivity index (χ3v) is 3.30. The van der Waals surface area contributed by atoms with Crippen LogP contribution in [0.1, 0.15) is 31.1 Å². The van der Waals surface area contributed by atoms with E-state index >= 15 is 0 Å². The first-order valence-corrected chi connectivity index (χ1v) is 6.94. The average Bonchev–Trinajstić information content (AvgIpc) is 2.89. The maximum atomic E-state index is 12.1. The van der Waals surface area contributed by atoms with E-state index in [0.717, 1.165) is 0 Å². The molecule has 1 heterocycles. The first-order valence-electron chi connectivity index (χ1n) is 6.94. The molecule has 0 saturated heterocycles. The molecule has 1 N–H and O–H groups in total. The Labute approximate surface area is 124 Å². The summed E-state index contributed by atoms with van der Waals surface area (Å²) in [4.78, 5) is 25.2. The third kappa shape index (κ3) is 3.65. The van der Waals surface area contributed by atoms with Gasteiger partial charge >= 0.3 is 0 Å². The van der Waals surface area contributed by atoms with Crippen molar-refractivity contribution in [3.63, 3.8) is 0 Å². The lowest BCUT2D eigenvalue weighted by atomic mass is 10.2. The zero-order valence-electron chi connectivity index (χ0n) is 12.5. The molecule has 0 spiro atoms. The quantitative estimate of drug-likeness (QED) is 0.891. The highest BCUT2D eigenvalue weighted by molar-refractivity contribution is 5.94. The van der Waals surface area contributed by atoms with Gasteiger partial charge in [-0.1, -0.05) is 0 Å². The summed E-state index contributed by atoms with van der Waals surface area (Å²) in [7, 11) is 0. The molecule has 0 bridgehead atoms. The van der Waals surface area contributed by atoms with Crippen LogP contribution < -0.4 is 14.8 Å². The summed E-state index contributed by atoms with van der Waals surface area (Å²) < 4.78 is 10.4. The zero-order valence-corrected chi connectivity index (χ0v) is 12.5. The molecule has 1 aliphatic heterocycles. The van der Waals surface area contributed by atoms with Gasteiger partial charge in [0.2, 0.25) is 12.7 Å². The molecule has 0 radical (unpaired) electrons. The summed E-state index contributed by atoms with van der Waals surface area (Å²) in [5, 5.41) is 2.80. The van der Waals surface area contributed by atoms with Gasteiger partial charge in [0.25, 0.3) is 5.91 Å². The van der Waals surface area contributed by atoms with Crippen LogP contribution in [0, 0.1) is 0 Å². The van der Waals surface area contributed by atoms with Gasteiger partial charge in [-0.15, -0.1) is 0 Å². The summed E-state index contributed by atoms with van der Waals surface area (Å²) in [5.41, 5.74) is 0.512. The van der Waals surface area contributed by atoms with E-state index in [1.165, 1.54) is 6.92 Å². The zero-order chi connectivity index (χ0) is 15.4. The predicted molar refractivity (Wildman–Crippen MR) is 77.4 cm³/mol. The molecular weight excluding hydrogens is 272 g/mol. The topological polar surface area (TPSA) is 67.9 Å². The molecule has 1 aliphatic rings. The molecule has 0 unspecified atom stereocenters. The second kappa shape index (κ2) is 6.47. The van der Waals surface area contributed by atoms with Crippen LogP contribution in [0.2, 0.25) is 0 Å². The Bertz CT molecular complexity index is 542. The van der Waals surface area contributed by atoms with E-state index in [0.29, 0.717) is 30.2 Å². The van der Waals surface area contributed by atoms with Gasteiger partial charge in [0.15, 0.2) is 11.5 Å². The van der Waals surface area contributed by atoms with Crippen LogP contribution in [0.3, 0.4) is 0 Å². The number of rotatable bonds is 5. The Morgan fingerprint density at radius 3 is 2.67 bits per heavy atom. The smallest absolute Gasteiger partial charge is 0.251 e. The number of carbonyl (C=O) groups is 2. The average molecular weight is 292 g/mol. The second-order valence-corrected chi connectivity index (χ2v) is 5.13. The van der Waals surface area contributed by atoms with Gasteiger partial charge < -0.3 is 19.7 Å². The summed E-state index contributed by atoms with van der Waals surface area (Å²) in [5.74, 6) is 1.03. The van der Waals surface area contributed by atoms with Gasteiger partial charge in [0, 0.05) is 31.6 Å². The number of nitrogens with one attached hydrogen (secondary N) is 1. The summed E-state index contributed by atoms with van der Waals surface area (Å²) >= 11 is 0. The van der Waals surface area contributed by atoms with E-state index in [1.807, 2.05) is 13.8 Å². The van der Waals surface area contributed by atoms with Crippen LogP contribution in [-0.4, -0.2) is 42.6 Å². The molecule has 0 aliphatic carbocycles. The van der Waals surface area contributed by atoms with E-state index in [4.69, 9.17) is 9.47 Å². The number of amides is 2. The molecule has 0 atom stereocenters. The Balaban J connectivity index is 1.89. The summed E-state index contributed by atoms with van der Waals surface area (Å²) in [6, 6.07) is 5.18. The molecule has 6 nitrogen and oxygen atoms in total. The normalized spacial score (nSPS) is 12.4. The van der Waals surface area contributed by atoms with Gasteiger partial charge in [-0.05, 0) is 32.0 Å². The Kier molecular flexibility index (Phi) is 4.67. The van der Waals surface area contributed by atoms with Crippen molar-refractivity contribution in [1.82, 2.24) is 10.2 Å². The van der Waals surface area contributed by atoms with E-state index < -0.39 is 0 Å². The van der Waals surface area contributed by atoms with Crippen molar-refractivity contribution in [3.8, 4) is 11.5 Å². The molecule has 21 heavy (non-hydrogen) atoms. The number of carbonyl (C=O) groups excluding carboxylic acids is 2. The van der Waals surface area contributed by atoms with Crippen molar-refractivity contribution < 1.29 is 19.1 Å². The van der Waals surface area contributed by atoms with Crippen LogP contribution in [0.25, 0.3) is 0 Å². The first kappa shape index (κ1) is 15.2. The van der Waals surface area contributed by atoms with Crippen molar-refractivity contribution >= 4 is 11.8 Å². The number of hydrogen-bond acceptors (Lipinski definition) is 4. The Morgan fingerprint density at radius 1 is 1.29 bits per heavy atom. The first-order chi connectivity index (χ1) is 9.99. The molecule has 6 heteroatoms. The molecule has 0 aromatic heterocycles. The number of ether oxygens (including phenoxy) is 2. The van der Waals surface area contributed by atoms with Crippen LogP contribution in [-0.2, 0) is 4.79 Å². The van der Waals surface area contributed by atoms with Crippen LogP contribution in [0.5, 0.6) is 11.5 Å². The lowest BCUT2D eigenvalue weighted by Crippen LogP contribution is -2.41. The predicted octanol–water partition coefficient (Wildman–Crippen LogP) is 1.40. The van der Waals surface area contributed by atoms with Gasteiger partial charge in [-0.25, -0.2) is 0 Å². The molecule has 2 rings (SSSR count). The fourth-order valence-electron chi connectivity index (χ4n) is 2.21. The minimum absolute atomic E-state index is 0.00216. The highest BCUT2D eigenvalue weighted by Crippen LogP contribution is 2.32. The molecule has 0 saturated carbocycles. The van der Waals surface area contributed by atoms with Gasteiger partial charge in [0.1, 0.15) is 0 Å². The molecule has 0 fully saturated rings. The molecular formula is C15H20N2O4. The van der Waals surface area contributed by atoms with Gasteiger partial charge in [0.05, 0.1) is 0 Å². The SMILES string of the molecule is CC(=O)N(CCNC(=O)c1ccc2c(c1)OCO2)C(C)C. The van der Waals surface area contributed by atoms with E-state index in [1.54, 1.807) is 23.1 Å². The molecule has 1 aromatic rings. The lowest BCUT2D eigenvalue weighted by molar-refractivity contribution is -0.130. The van der Waals surface area contributed by atoms with E-state index in [-0.39, 0.29) is 24.6 Å². The van der Waals surface area contributed by atoms with Gasteiger partial charge in [-0.3, -0.25) is 9.59 Å². The highest BCUT2D eigenvalue weighted by atomic mass is 16.7. The minimum Gasteiger partial charge on any atom is -0.454 e. The number of nitrogens with zero attached hydrogens (tertiary/aromatic N) is 1. The van der Waals surface area contributed by atoms with Gasteiger partial charge in [-0.2, -0.15) is 0 Å². The maximum absolute atomic E-state index is 12.1. The lowest BCUT2D eigenvalue weighted by Gasteiger charge is -2.25. The second-order valence-electron chi connectivity index (χ2n) is 5.13. The molecule has 1 aromatic carbocycles. The molecule has 114 valence electrons. The monoisotopic (exact) mass is 292 g/mol. The third-order valence-electron chi connectivity index (χ3n) is 3.30. The summed E-state index contributed by atoms with van der Waals surface area (Å²) in [6.45, 7) is 6.50. The largest absolute Gasteiger partial charge is 0.454 e. The van der Waals surface area contributed by atoms with E-state index in [2.05, 4.69) is 5.32 Å². The number of benzene rings is 1. The van der Waals surface area contributed by atoms with Crippen molar-refractivity contribution in [2.24, 2.45) is 0 Å². The molecule has 2 amide bonds. The number of fused-ring (bicyclic) bond motifs is 1. The fourth-order valence-corrected chi connectivity index (χ4v) is 2.21. The Morgan fingerprint density at radius 2 is 2.00 bits per heavy atom. The maximum Gasteiger partial charge on any atom is 0.251 e. The van der Waals surface area contributed by atoms with Crippen molar-refractivity contribution in [2.75, 3.05) is 19.9 Å². The minimum atomic E-state index is -0.194. The summed E-state index contributed by atoms with van der Waals surface area (Å²) in [6.07, 6.45) is 0. The van der Waals surface area contributed by atoms with E-state index in [9.17, 15) is 9.59 Å². The highest BCUT2D eigenvalue weighted by Gasteiger charge is 2.17. The van der Waals surface area contributed by atoms with Crippen molar-refractivity contribution in [3.05, 3.63) is 23.8 Å².